The van der Waals surface area contributed by atoms with Gasteiger partial charge >= 0.3 is 6.03 Å². The number of phenolic OH excluding ortho intramolecular Hbond substituents is 1. The summed E-state index contributed by atoms with van der Waals surface area (Å²) in [5, 5.41) is 11.6. The van der Waals surface area contributed by atoms with Gasteiger partial charge in [-0.05, 0) is 55.0 Å². The molecule has 0 aromatic heterocycles. The molecule has 0 aliphatic carbocycles. The van der Waals surface area contributed by atoms with Crippen molar-refractivity contribution in [3.63, 3.8) is 0 Å². The fraction of sp³-hybridized carbons (Fsp3) is 0.136. The predicted octanol–water partition coefficient (Wildman–Crippen LogP) is 2.47. The summed E-state index contributed by atoms with van der Waals surface area (Å²) in [7, 11) is 0. The topological polar surface area (TPSA) is 105 Å². The Hall–Kier alpha value is -4.25. The summed E-state index contributed by atoms with van der Waals surface area (Å²) in [6.07, 6.45) is 6.56. The van der Waals surface area contributed by atoms with Crippen molar-refractivity contribution >= 4 is 29.6 Å². The number of rotatable bonds is 6. The Morgan fingerprint density at radius 3 is 2.50 bits per heavy atom. The summed E-state index contributed by atoms with van der Waals surface area (Å²) < 4.78 is 11.0. The fourth-order valence-electron chi connectivity index (χ4n) is 2.78. The first-order chi connectivity index (χ1) is 14.4. The summed E-state index contributed by atoms with van der Waals surface area (Å²) in [5.74, 6) is 1.57. The Balaban J connectivity index is 1.96. The monoisotopic (exact) mass is 406 g/mol. The van der Waals surface area contributed by atoms with Crippen LogP contribution in [0, 0.1) is 12.3 Å². The molecule has 2 aromatic carbocycles. The fourth-order valence-corrected chi connectivity index (χ4v) is 2.78. The first kappa shape index (κ1) is 20.5. The van der Waals surface area contributed by atoms with Gasteiger partial charge in [-0.2, -0.15) is 0 Å². The maximum absolute atomic E-state index is 12.9. The number of carbonyl (C=O) groups is 3. The van der Waals surface area contributed by atoms with E-state index in [0.29, 0.717) is 23.7 Å². The predicted molar refractivity (Wildman–Crippen MR) is 109 cm³/mol. The van der Waals surface area contributed by atoms with E-state index in [1.165, 1.54) is 30.3 Å². The van der Waals surface area contributed by atoms with E-state index in [1.807, 2.05) is 0 Å². The van der Waals surface area contributed by atoms with Gasteiger partial charge in [-0.1, -0.05) is 12.0 Å². The highest BCUT2D eigenvalue weighted by atomic mass is 16.5. The van der Waals surface area contributed by atoms with Crippen LogP contribution in [0.1, 0.15) is 12.5 Å². The van der Waals surface area contributed by atoms with E-state index < -0.39 is 17.8 Å². The zero-order valence-corrected chi connectivity index (χ0v) is 16.0. The maximum atomic E-state index is 12.9. The first-order valence-corrected chi connectivity index (χ1v) is 8.98. The third-order valence-corrected chi connectivity index (χ3v) is 4.10. The number of benzene rings is 2. The lowest BCUT2D eigenvalue weighted by molar-refractivity contribution is -0.122. The standard InChI is InChI=1S/C22H18N2O6/c1-3-11-30-18-10-5-14(13-19(18)29-4-2)12-17-20(26)23-22(28)24(21(17)27)15-6-8-16(25)9-7-15/h1,5-10,12-13,25H,4,11H2,2H3,(H,23,26,28)/b17-12-. The quantitative estimate of drug-likeness (QED) is 0.434. The van der Waals surface area contributed by atoms with Crippen LogP contribution in [-0.4, -0.2) is 36.2 Å². The van der Waals surface area contributed by atoms with Crippen molar-refractivity contribution in [1.82, 2.24) is 5.32 Å². The molecule has 3 rings (SSSR count). The molecular formula is C22H18N2O6. The Kier molecular flexibility index (Phi) is 6.03. The van der Waals surface area contributed by atoms with E-state index in [4.69, 9.17) is 15.9 Å². The van der Waals surface area contributed by atoms with Gasteiger partial charge in [0.2, 0.25) is 0 Å². The number of urea groups is 1. The number of ether oxygens (including phenoxy) is 2. The molecule has 1 fully saturated rings. The number of hydrogen-bond donors (Lipinski definition) is 2. The second-order valence-electron chi connectivity index (χ2n) is 6.11. The number of hydrogen-bond acceptors (Lipinski definition) is 6. The molecule has 0 atom stereocenters. The number of amides is 4. The van der Waals surface area contributed by atoms with Gasteiger partial charge in [0.05, 0.1) is 12.3 Å². The molecule has 1 aliphatic heterocycles. The number of terminal acetylenes is 1. The number of carbonyl (C=O) groups excluding carboxylic acids is 3. The van der Waals surface area contributed by atoms with E-state index in [0.717, 1.165) is 4.90 Å². The second kappa shape index (κ2) is 8.84. The van der Waals surface area contributed by atoms with E-state index in [-0.39, 0.29) is 23.6 Å². The molecule has 0 saturated carbocycles. The number of phenols is 1. The average molecular weight is 406 g/mol. The second-order valence-corrected chi connectivity index (χ2v) is 6.11. The Labute approximate surface area is 172 Å². The van der Waals surface area contributed by atoms with Crippen LogP contribution in [-0.2, 0) is 9.59 Å². The Morgan fingerprint density at radius 1 is 1.10 bits per heavy atom. The van der Waals surface area contributed by atoms with Crippen molar-refractivity contribution in [1.29, 1.82) is 0 Å². The molecule has 1 saturated heterocycles. The van der Waals surface area contributed by atoms with Crippen LogP contribution in [0.3, 0.4) is 0 Å². The highest BCUT2D eigenvalue weighted by molar-refractivity contribution is 6.39. The lowest BCUT2D eigenvalue weighted by atomic mass is 10.1. The van der Waals surface area contributed by atoms with Crippen LogP contribution in [0.2, 0.25) is 0 Å². The molecule has 2 aromatic rings. The van der Waals surface area contributed by atoms with Crippen molar-refractivity contribution in [2.45, 2.75) is 6.92 Å². The summed E-state index contributed by atoms with van der Waals surface area (Å²) >= 11 is 0. The largest absolute Gasteiger partial charge is 0.508 e. The number of nitrogens with one attached hydrogen (secondary N) is 1. The number of aromatic hydroxyl groups is 1. The zero-order valence-electron chi connectivity index (χ0n) is 16.0. The van der Waals surface area contributed by atoms with Crippen LogP contribution in [0.4, 0.5) is 10.5 Å². The van der Waals surface area contributed by atoms with E-state index in [2.05, 4.69) is 11.2 Å². The van der Waals surface area contributed by atoms with Gasteiger partial charge in [-0.3, -0.25) is 14.9 Å². The molecule has 152 valence electrons. The van der Waals surface area contributed by atoms with Gasteiger partial charge in [0.1, 0.15) is 17.9 Å². The van der Waals surface area contributed by atoms with Crippen LogP contribution in [0.5, 0.6) is 17.2 Å². The third-order valence-electron chi connectivity index (χ3n) is 4.10. The molecule has 30 heavy (non-hydrogen) atoms. The van der Waals surface area contributed by atoms with Crippen molar-refractivity contribution in [2.75, 3.05) is 18.1 Å². The van der Waals surface area contributed by atoms with Gasteiger partial charge in [-0.15, -0.1) is 6.42 Å². The smallest absolute Gasteiger partial charge is 0.335 e. The lowest BCUT2D eigenvalue weighted by Gasteiger charge is -2.26. The SMILES string of the molecule is C#CCOc1ccc(/C=C2/C(=O)NC(=O)N(c3ccc(O)cc3)C2=O)cc1OCC. The molecule has 0 unspecified atom stereocenters. The molecule has 2 N–H and O–H groups in total. The highest BCUT2D eigenvalue weighted by Gasteiger charge is 2.36. The molecule has 4 amide bonds. The van der Waals surface area contributed by atoms with Crippen molar-refractivity contribution in [2.24, 2.45) is 0 Å². The van der Waals surface area contributed by atoms with Crippen molar-refractivity contribution in [3.05, 3.63) is 53.6 Å². The number of barbiturate groups is 1. The minimum atomic E-state index is -0.874. The summed E-state index contributed by atoms with van der Waals surface area (Å²) in [6, 6.07) is 9.42. The molecule has 0 bridgehead atoms. The Morgan fingerprint density at radius 2 is 1.83 bits per heavy atom. The molecule has 1 aliphatic rings. The highest BCUT2D eigenvalue weighted by Crippen LogP contribution is 2.30. The average Bonchev–Trinajstić information content (AvgIpc) is 2.72. The summed E-state index contributed by atoms with van der Waals surface area (Å²) in [4.78, 5) is 38.2. The molecule has 1 heterocycles. The maximum Gasteiger partial charge on any atom is 0.335 e. The minimum absolute atomic E-state index is 0.0222. The first-order valence-electron chi connectivity index (χ1n) is 8.98. The van der Waals surface area contributed by atoms with E-state index in [1.54, 1.807) is 25.1 Å². The molecule has 8 nitrogen and oxygen atoms in total. The van der Waals surface area contributed by atoms with E-state index >= 15 is 0 Å². The van der Waals surface area contributed by atoms with Crippen LogP contribution < -0.4 is 19.7 Å². The minimum Gasteiger partial charge on any atom is -0.508 e. The van der Waals surface area contributed by atoms with Crippen LogP contribution in [0.25, 0.3) is 6.08 Å². The normalized spacial score (nSPS) is 15.0. The number of nitrogens with zero attached hydrogens (tertiary/aromatic N) is 1. The van der Waals surface area contributed by atoms with Crippen LogP contribution in [0.15, 0.2) is 48.0 Å². The van der Waals surface area contributed by atoms with Gasteiger partial charge in [-0.25, -0.2) is 9.69 Å². The molecule has 0 spiro atoms. The Bertz CT molecular complexity index is 1070. The third kappa shape index (κ3) is 4.25. The van der Waals surface area contributed by atoms with Crippen molar-refractivity contribution < 1.29 is 29.0 Å². The van der Waals surface area contributed by atoms with Crippen molar-refractivity contribution in [3.8, 4) is 29.6 Å². The molecule has 8 heteroatoms. The number of anilines is 1. The summed E-state index contributed by atoms with van der Waals surface area (Å²) in [5.41, 5.74) is 0.467. The number of imide groups is 2. The molecular weight excluding hydrogens is 388 g/mol. The lowest BCUT2D eigenvalue weighted by Crippen LogP contribution is -2.54. The van der Waals surface area contributed by atoms with Gasteiger partial charge in [0.25, 0.3) is 11.8 Å². The zero-order chi connectivity index (χ0) is 21.7. The van der Waals surface area contributed by atoms with Gasteiger partial charge < -0.3 is 14.6 Å². The summed E-state index contributed by atoms with van der Waals surface area (Å²) in [6.45, 7) is 2.23. The molecule has 0 radical (unpaired) electrons. The van der Waals surface area contributed by atoms with E-state index in [9.17, 15) is 19.5 Å². The van der Waals surface area contributed by atoms with Crippen LogP contribution >= 0.6 is 0 Å². The van der Waals surface area contributed by atoms with Gasteiger partial charge in [0, 0.05) is 0 Å². The van der Waals surface area contributed by atoms with Gasteiger partial charge in [0.15, 0.2) is 11.5 Å².